The van der Waals surface area contributed by atoms with Crippen molar-refractivity contribution in [2.45, 2.75) is 82.3 Å². The molecule has 3 aromatic rings. The Morgan fingerprint density at radius 3 is 1.87 bits per heavy atom. The average Bonchev–Trinajstić information content (AvgIpc) is 3.12. The summed E-state index contributed by atoms with van der Waals surface area (Å²) in [5, 5.41) is 45.3. The molecule has 1 aliphatic carbocycles. The van der Waals surface area contributed by atoms with Crippen LogP contribution in [0.2, 0.25) is 0 Å². The van der Waals surface area contributed by atoms with Crippen LogP contribution in [0.25, 0.3) is 21.5 Å². The molecule has 0 spiro atoms. The van der Waals surface area contributed by atoms with Gasteiger partial charge in [0.1, 0.15) is 18.1 Å². The fourth-order valence-corrected chi connectivity index (χ4v) is 6.90. The second kappa shape index (κ2) is 19.4. The van der Waals surface area contributed by atoms with Crippen LogP contribution < -0.4 is 26.6 Å². The number of urea groups is 1. The number of amides is 4. The van der Waals surface area contributed by atoms with Crippen molar-refractivity contribution in [1.82, 2.24) is 26.6 Å². The number of aliphatic carboxylic acids is 3. The molecule has 4 amide bonds. The molecule has 1 aliphatic rings. The van der Waals surface area contributed by atoms with Gasteiger partial charge in [-0.25, -0.2) is 14.4 Å². The van der Waals surface area contributed by atoms with Gasteiger partial charge >= 0.3 is 23.9 Å². The number of unbranched alkanes of at least 4 members (excludes halogenated alkanes) is 1. The van der Waals surface area contributed by atoms with Crippen molar-refractivity contribution >= 4 is 57.3 Å². The fraction of sp³-hybridized carbons (Fsp3) is 0.474. The molecule has 0 bridgehead atoms. The van der Waals surface area contributed by atoms with E-state index in [1.807, 2.05) is 55.6 Å². The van der Waals surface area contributed by atoms with Gasteiger partial charge in [-0.05, 0) is 104 Å². The van der Waals surface area contributed by atoms with E-state index in [0.29, 0.717) is 18.8 Å². The van der Waals surface area contributed by atoms with E-state index in [-0.39, 0.29) is 43.5 Å². The number of fused-ring (bicyclic) bond motifs is 2. The molecule has 14 heteroatoms. The molecule has 0 unspecified atom stereocenters. The number of nitrogens with one attached hydrogen (secondary N) is 5. The van der Waals surface area contributed by atoms with E-state index in [0.717, 1.165) is 59.3 Å². The summed E-state index contributed by atoms with van der Waals surface area (Å²) in [4.78, 5) is 73.8. The Labute approximate surface area is 302 Å². The molecule has 0 saturated heterocycles. The highest BCUT2D eigenvalue weighted by molar-refractivity contribution is 6.03. The molecule has 3 aromatic carbocycles. The molecule has 14 nitrogen and oxygen atoms in total. The highest BCUT2D eigenvalue weighted by Gasteiger charge is 2.30. The Morgan fingerprint density at radius 1 is 0.731 bits per heavy atom. The Balaban J connectivity index is 1.40. The first-order chi connectivity index (χ1) is 25.0. The second-order valence-electron chi connectivity index (χ2n) is 13.5. The molecule has 3 atom stereocenters. The van der Waals surface area contributed by atoms with Gasteiger partial charge in [0.15, 0.2) is 0 Å². The molecule has 8 N–H and O–H groups in total. The zero-order valence-corrected chi connectivity index (χ0v) is 29.4. The number of hydrogen-bond donors (Lipinski definition) is 8. The predicted octanol–water partition coefficient (Wildman–Crippen LogP) is 3.40. The summed E-state index contributed by atoms with van der Waals surface area (Å²) in [5.74, 6) is -4.18. The smallest absolute Gasteiger partial charge is 0.326 e. The van der Waals surface area contributed by atoms with Crippen LogP contribution in [0.3, 0.4) is 0 Å². The van der Waals surface area contributed by atoms with E-state index >= 15 is 0 Å². The standard InChI is InChI=1S/C38H49N5O9/c1-39-22-23-13-15-24(16-14-23)34(46)41-32(21-29-27-10-4-2-8-25(27)20-26-9-3-5-11-28(26)29)35(47)40-19-7-6-12-30(36(48)49)42-38(52)43-31(37(50)51)17-18-33(44)45/h2-5,8-11,20,23-24,30-32,39H,6-7,12-19,21-22H2,1H3,(H,40,47)(H,41,46)(H,44,45)(H,48,49)(H,50,51)(H2,42,43,52)/t23?,24?,30-,31-,32-/m0/s1. The largest absolute Gasteiger partial charge is 0.481 e. The van der Waals surface area contributed by atoms with Gasteiger partial charge in [0.2, 0.25) is 11.8 Å². The van der Waals surface area contributed by atoms with Crippen molar-refractivity contribution in [1.29, 1.82) is 0 Å². The van der Waals surface area contributed by atoms with Crippen molar-refractivity contribution in [3.05, 3.63) is 60.2 Å². The van der Waals surface area contributed by atoms with Crippen molar-refractivity contribution in [2.24, 2.45) is 11.8 Å². The SMILES string of the molecule is CNCC1CCC(C(=O)N[C@@H](Cc2c3ccccc3cc3ccccc23)C(=O)NCCCC[C@H](NC(=O)N[C@@H](CCC(=O)O)C(=O)O)C(=O)O)CC1. The second-order valence-corrected chi connectivity index (χ2v) is 13.5. The summed E-state index contributed by atoms with van der Waals surface area (Å²) in [6.07, 6.45) is 3.41. The molecule has 4 rings (SSSR count). The maximum absolute atomic E-state index is 13.8. The Morgan fingerprint density at radius 2 is 1.31 bits per heavy atom. The molecule has 1 saturated carbocycles. The number of carboxylic acids is 3. The van der Waals surface area contributed by atoms with Gasteiger partial charge < -0.3 is 41.9 Å². The third-order valence-electron chi connectivity index (χ3n) is 9.71. The molecule has 280 valence electrons. The highest BCUT2D eigenvalue weighted by atomic mass is 16.4. The fourth-order valence-electron chi connectivity index (χ4n) is 6.90. The van der Waals surface area contributed by atoms with Crippen molar-refractivity contribution in [3.8, 4) is 0 Å². The van der Waals surface area contributed by atoms with Gasteiger partial charge in [0.25, 0.3) is 0 Å². The van der Waals surface area contributed by atoms with E-state index in [1.165, 1.54) is 0 Å². The molecule has 0 aromatic heterocycles. The monoisotopic (exact) mass is 719 g/mol. The summed E-state index contributed by atoms with van der Waals surface area (Å²) >= 11 is 0. The molecular formula is C38H49N5O9. The topological polar surface area (TPSA) is 223 Å². The van der Waals surface area contributed by atoms with Crippen molar-refractivity contribution in [2.75, 3.05) is 20.1 Å². The predicted molar refractivity (Wildman–Crippen MR) is 195 cm³/mol. The normalized spacial score (nSPS) is 17.4. The van der Waals surface area contributed by atoms with Gasteiger partial charge in [-0.3, -0.25) is 14.4 Å². The molecule has 1 fully saturated rings. The molecular weight excluding hydrogens is 670 g/mol. The van der Waals surface area contributed by atoms with E-state index in [1.54, 1.807) is 0 Å². The van der Waals surface area contributed by atoms with Crippen LogP contribution in [0.5, 0.6) is 0 Å². The number of rotatable bonds is 19. The molecule has 0 heterocycles. The minimum absolute atomic E-state index is 0.0100. The van der Waals surface area contributed by atoms with Gasteiger partial charge in [0, 0.05) is 25.3 Å². The summed E-state index contributed by atoms with van der Waals surface area (Å²) in [7, 11) is 1.92. The number of carbonyl (C=O) groups is 6. The van der Waals surface area contributed by atoms with Crippen LogP contribution in [0.15, 0.2) is 54.6 Å². The minimum atomic E-state index is -1.51. The molecule has 0 aliphatic heterocycles. The lowest BCUT2D eigenvalue weighted by atomic mass is 9.81. The van der Waals surface area contributed by atoms with Gasteiger partial charge in [0.05, 0.1) is 0 Å². The zero-order chi connectivity index (χ0) is 37.6. The van der Waals surface area contributed by atoms with Gasteiger partial charge in [-0.2, -0.15) is 0 Å². The Bertz CT molecular complexity index is 1690. The highest BCUT2D eigenvalue weighted by Crippen LogP contribution is 2.31. The Hall–Kier alpha value is -5.24. The van der Waals surface area contributed by atoms with Crippen LogP contribution in [-0.4, -0.2) is 89.3 Å². The van der Waals surface area contributed by atoms with E-state index in [2.05, 4.69) is 32.7 Å². The van der Waals surface area contributed by atoms with E-state index in [4.69, 9.17) is 5.11 Å². The third-order valence-corrected chi connectivity index (χ3v) is 9.71. The summed E-state index contributed by atoms with van der Waals surface area (Å²) in [6.45, 7) is 1.09. The lowest BCUT2D eigenvalue weighted by Crippen LogP contribution is -2.51. The van der Waals surface area contributed by atoms with Crippen LogP contribution in [0.4, 0.5) is 4.79 Å². The zero-order valence-electron chi connectivity index (χ0n) is 29.4. The van der Waals surface area contributed by atoms with Crippen LogP contribution in [-0.2, 0) is 30.4 Å². The number of carbonyl (C=O) groups excluding carboxylic acids is 3. The Kier molecular flexibility index (Phi) is 14.7. The first kappa shape index (κ1) is 39.5. The van der Waals surface area contributed by atoms with E-state index in [9.17, 15) is 39.0 Å². The average molecular weight is 720 g/mol. The van der Waals surface area contributed by atoms with E-state index < -0.39 is 48.5 Å². The minimum Gasteiger partial charge on any atom is -0.481 e. The first-order valence-corrected chi connectivity index (χ1v) is 17.8. The maximum Gasteiger partial charge on any atom is 0.326 e. The maximum atomic E-state index is 13.8. The molecule has 52 heavy (non-hydrogen) atoms. The summed E-state index contributed by atoms with van der Waals surface area (Å²) in [6, 6.07) is 13.2. The number of hydrogen-bond acceptors (Lipinski definition) is 7. The lowest BCUT2D eigenvalue weighted by molar-refractivity contribution is -0.141. The van der Waals surface area contributed by atoms with Gasteiger partial charge in [-0.15, -0.1) is 0 Å². The van der Waals surface area contributed by atoms with Crippen molar-refractivity contribution < 1.29 is 44.1 Å². The van der Waals surface area contributed by atoms with Crippen LogP contribution >= 0.6 is 0 Å². The van der Waals surface area contributed by atoms with Crippen molar-refractivity contribution in [3.63, 3.8) is 0 Å². The summed E-state index contributed by atoms with van der Waals surface area (Å²) < 4.78 is 0. The molecule has 0 radical (unpaired) electrons. The van der Waals surface area contributed by atoms with Crippen LogP contribution in [0.1, 0.15) is 63.4 Å². The summed E-state index contributed by atoms with van der Waals surface area (Å²) in [5.41, 5.74) is 0.952. The third kappa shape index (κ3) is 11.4. The first-order valence-electron chi connectivity index (χ1n) is 17.8. The van der Waals surface area contributed by atoms with Gasteiger partial charge in [-0.1, -0.05) is 48.5 Å². The van der Waals surface area contributed by atoms with Crippen LogP contribution in [0, 0.1) is 11.8 Å². The number of benzene rings is 3. The quantitative estimate of drug-likeness (QED) is 0.0666. The lowest BCUT2D eigenvalue weighted by Gasteiger charge is -2.29. The number of carboxylic acid groups (broad SMARTS) is 3.